The van der Waals surface area contributed by atoms with Crippen LogP contribution in [0.25, 0.3) is 0 Å². The van der Waals surface area contributed by atoms with Crippen LogP contribution in [0.1, 0.15) is 41.3 Å². The van der Waals surface area contributed by atoms with Gasteiger partial charge in [0.1, 0.15) is 5.82 Å². The average Bonchev–Trinajstić information content (AvgIpc) is 3.12. The van der Waals surface area contributed by atoms with Crippen molar-refractivity contribution in [3.8, 4) is 11.5 Å². The average molecular weight is 516 g/mol. The first-order valence-corrected chi connectivity index (χ1v) is 12.7. The van der Waals surface area contributed by atoms with Crippen LogP contribution in [-0.4, -0.2) is 46.9 Å². The van der Waals surface area contributed by atoms with Crippen LogP contribution in [-0.2, 0) is 10.2 Å². The molecule has 182 valence electrons. The van der Waals surface area contributed by atoms with Gasteiger partial charge in [0.2, 0.25) is 12.7 Å². The second kappa shape index (κ2) is 8.74. The Morgan fingerprint density at radius 2 is 2.09 bits per heavy atom. The van der Waals surface area contributed by atoms with E-state index in [0.717, 1.165) is 28.8 Å². The molecule has 1 aliphatic carbocycles. The summed E-state index contributed by atoms with van der Waals surface area (Å²) < 4.78 is 24.6. The molecule has 2 fully saturated rings. The molecule has 6 rings (SSSR count). The smallest absolute Gasteiger partial charge is 0.236 e. The SMILES string of the molecule is O=C(Nc1ncc([C@@H](c2ccc(F)cc2Cl)N2CC[C@H](O)C2)s1)C1(c2ccc3c(c2)OCO3)CC1. The van der Waals surface area contributed by atoms with Gasteiger partial charge < -0.3 is 19.9 Å². The van der Waals surface area contributed by atoms with E-state index in [1.54, 1.807) is 12.3 Å². The molecule has 3 heterocycles. The fraction of sp³-hybridized carbons (Fsp3) is 0.360. The number of ether oxygens (including phenoxy) is 2. The van der Waals surface area contributed by atoms with Crippen molar-refractivity contribution in [1.29, 1.82) is 0 Å². The van der Waals surface area contributed by atoms with E-state index in [4.69, 9.17) is 21.1 Å². The van der Waals surface area contributed by atoms with Crippen LogP contribution in [0.3, 0.4) is 0 Å². The first kappa shape index (κ1) is 22.7. The van der Waals surface area contributed by atoms with Crippen molar-refractivity contribution < 1.29 is 23.8 Å². The van der Waals surface area contributed by atoms with Crippen molar-refractivity contribution in [1.82, 2.24) is 9.88 Å². The summed E-state index contributed by atoms with van der Waals surface area (Å²) in [6.45, 7) is 1.34. The number of aliphatic hydroxyl groups is 1. The number of amides is 1. The number of carbonyl (C=O) groups is 1. The van der Waals surface area contributed by atoms with Crippen LogP contribution < -0.4 is 14.8 Å². The van der Waals surface area contributed by atoms with Crippen LogP contribution in [0, 0.1) is 5.82 Å². The first-order chi connectivity index (χ1) is 16.9. The van der Waals surface area contributed by atoms with Crippen molar-refractivity contribution in [3.63, 3.8) is 0 Å². The van der Waals surface area contributed by atoms with E-state index in [1.807, 2.05) is 18.2 Å². The molecular formula is C25H23ClFN3O4S. The molecule has 2 atom stereocenters. The molecule has 1 amide bonds. The number of likely N-dealkylation sites (tertiary alicyclic amines) is 1. The molecule has 7 nitrogen and oxygen atoms in total. The molecule has 1 aromatic heterocycles. The van der Waals surface area contributed by atoms with E-state index in [9.17, 15) is 14.3 Å². The Morgan fingerprint density at radius 1 is 1.26 bits per heavy atom. The molecule has 3 aliphatic rings. The Morgan fingerprint density at radius 3 is 2.83 bits per heavy atom. The third-order valence-electron chi connectivity index (χ3n) is 6.94. The van der Waals surface area contributed by atoms with E-state index in [-0.39, 0.29) is 18.7 Å². The molecule has 1 saturated heterocycles. The number of fused-ring (bicyclic) bond motifs is 1. The summed E-state index contributed by atoms with van der Waals surface area (Å²) in [5, 5.41) is 13.9. The van der Waals surface area contributed by atoms with E-state index in [2.05, 4.69) is 15.2 Å². The van der Waals surface area contributed by atoms with Crippen LogP contribution in [0.4, 0.5) is 9.52 Å². The Hall–Kier alpha value is -2.72. The largest absolute Gasteiger partial charge is 0.454 e. The van der Waals surface area contributed by atoms with Crippen LogP contribution in [0.2, 0.25) is 5.02 Å². The summed E-state index contributed by atoms with van der Waals surface area (Å²) in [6, 6.07) is 9.69. The highest BCUT2D eigenvalue weighted by Crippen LogP contribution is 2.51. The minimum absolute atomic E-state index is 0.106. The maximum absolute atomic E-state index is 13.7. The number of benzene rings is 2. The third-order valence-corrected chi connectivity index (χ3v) is 8.23. The van der Waals surface area contributed by atoms with Gasteiger partial charge in [0.05, 0.1) is 17.6 Å². The quantitative estimate of drug-likeness (QED) is 0.503. The van der Waals surface area contributed by atoms with Gasteiger partial charge in [0, 0.05) is 29.2 Å². The predicted molar refractivity (Wildman–Crippen MR) is 130 cm³/mol. The molecule has 35 heavy (non-hydrogen) atoms. The standard InChI is InChI=1S/C25H23ClFN3O4S/c26-18-10-15(27)2-3-17(18)22(30-8-5-16(31)12-30)21-11-28-24(35-21)29-23(32)25(6-7-25)14-1-4-19-20(9-14)34-13-33-19/h1-4,9-11,16,22,31H,5-8,12-13H2,(H,28,29,32)/t16-,22+/m0/s1. The van der Waals surface area contributed by atoms with Gasteiger partial charge >= 0.3 is 0 Å². The normalized spacial score (nSPS) is 21.2. The monoisotopic (exact) mass is 515 g/mol. The Bertz CT molecular complexity index is 1300. The topological polar surface area (TPSA) is 83.9 Å². The molecule has 0 unspecified atom stereocenters. The Labute approximate surface area is 210 Å². The van der Waals surface area contributed by atoms with Gasteiger partial charge in [-0.15, -0.1) is 0 Å². The lowest BCUT2D eigenvalue weighted by Crippen LogP contribution is -2.28. The molecule has 3 aromatic rings. The molecule has 2 N–H and O–H groups in total. The molecule has 0 radical (unpaired) electrons. The number of aromatic nitrogens is 1. The Balaban J connectivity index is 1.25. The minimum Gasteiger partial charge on any atom is -0.454 e. The summed E-state index contributed by atoms with van der Waals surface area (Å²) in [5.74, 6) is 0.830. The lowest BCUT2D eigenvalue weighted by Gasteiger charge is -2.27. The van der Waals surface area contributed by atoms with Gasteiger partial charge in [-0.1, -0.05) is 35.1 Å². The molecule has 0 bridgehead atoms. The van der Waals surface area contributed by atoms with E-state index in [0.29, 0.717) is 41.2 Å². The molecule has 2 aromatic carbocycles. The number of rotatable bonds is 6. The zero-order valence-electron chi connectivity index (χ0n) is 18.7. The number of nitrogens with zero attached hydrogens (tertiary/aromatic N) is 2. The Kier molecular flexibility index (Phi) is 5.68. The fourth-order valence-corrected chi connectivity index (χ4v) is 6.15. The van der Waals surface area contributed by atoms with E-state index < -0.39 is 17.3 Å². The number of aliphatic hydroxyl groups excluding tert-OH is 1. The molecule has 2 aliphatic heterocycles. The fourth-order valence-electron chi connectivity index (χ4n) is 4.91. The zero-order valence-corrected chi connectivity index (χ0v) is 20.2. The molecule has 0 spiro atoms. The second-order valence-corrected chi connectivity index (χ2v) is 10.6. The molecule has 1 saturated carbocycles. The van der Waals surface area contributed by atoms with Crippen molar-refractivity contribution >= 4 is 34.0 Å². The van der Waals surface area contributed by atoms with Crippen LogP contribution in [0.15, 0.2) is 42.6 Å². The number of halogens is 2. The molecular weight excluding hydrogens is 493 g/mol. The van der Waals surface area contributed by atoms with Gasteiger partial charge in [-0.3, -0.25) is 9.69 Å². The predicted octanol–water partition coefficient (Wildman–Crippen LogP) is 4.49. The van der Waals surface area contributed by atoms with Crippen molar-refractivity contribution in [2.24, 2.45) is 0 Å². The lowest BCUT2D eigenvalue weighted by atomic mass is 9.94. The number of nitrogens with one attached hydrogen (secondary N) is 1. The van der Waals surface area contributed by atoms with Gasteiger partial charge in [-0.2, -0.15) is 0 Å². The van der Waals surface area contributed by atoms with Crippen LogP contribution in [0.5, 0.6) is 11.5 Å². The van der Waals surface area contributed by atoms with Crippen molar-refractivity contribution in [2.75, 3.05) is 25.2 Å². The first-order valence-electron chi connectivity index (χ1n) is 11.5. The number of hydrogen-bond donors (Lipinski definition) is 2. The number of carbonyl (C=O) groups excluding carboxylic acids is 1. The second-order valence-electron chi connectivity index (χ2n) is 9.18. The highest BCUT2D eigenvalue weighted by Gasteiger charge is 2.52. The third kappa shape index (κ3) is 4.16. The summed E-state index contributed by atoms with van der Waals surface area (Å²) in [4.78, 5) is 20.7. The number of hydrogen-bond acceptors (Lipinski definition) is 7. The number of thiazole rings is 1. The van der Waals surface area contributed by atoms with Gasteiger partial charge in [0.25, 0.3) is 0 Å². The summed E-state index contributed by atoms with van der Waals surface area (Å²) >= 11 is 7.78. The summed E-state index contributed by atoms with van der Waals surface area (Å²) in [6.07, 6.45) is 3.43. The van der Waals surface area contributed by atoms with E-state index in [1.165, 1.54) is 23.5 Å². The highest BCUT2D eigenvalue weighted by molar-refractivity contribution is 7.15. The molecule has 10 heteroatoms. The summed E-state index contributed by atoms with van der Waals surface area (Å²) in [5.41, 5.74) is 1.03. The lowest BCUT2D eigenvalue weighted by molar-refractivity contribution is -0.118. The zero-order chi connectivity index (χ0) is 24.2. The van der Waals surface area contributed by atoms with E-state index >= 15 is 0 Å². The van der Waals surface area contributed by atoms with Crippen molar-refractivity contribution in [3.05, 3.63) is 69.4 Å². The maximum Gasteiger partial charge on any atom is 0.236 e. The minimum atomic E-state index is -0.606. The number of anilines is 1. The van der Waals surface area contributed by atoms with Crippen LogP contribution >= 0.6 is 22.9 Å². The summed E-state index contributed by atoms with van der Waals surface area (Å²) in [7, 11) is 0. The highest BCUT2D eigenvalue weighted by atomic mass is 35.5. The maximum atomic E-state index is 13.7. The van der Waals surface area contributed by atoms with Gasteiger partial charge in [-0.25, -0.2) is 9.37 Å². The van der Waals surface area contributed by atoms with Gasteiger partial charge in [-0.05, 0) is 54.7 Å². The number of β-amino-alcohol motifs (C(OH)–C–C–N with tert-alkyl or cyclic N) is 1. The van der Waals surface area contributed by atoms with Gasteiger partial charge in [0.15, 0.2) is 16.6 Å². The van der Waals surface area contributed by atoms with Crippen molar-refractivity contribution in [2.45, 2.75) is 36.8 Å².